The Balaban J connectivity index is 2.05. The van der Waals surface area contributed by atoms with E-state index in [0.29, 0.717) is 11.4 Å². The lowest BCUT2D eigenvalue weighted by Gasteiger charge is -2.08. The molecule has 3 aromatic carbocycles. The molecule has 5 nitrogen and oxygen atoms in total. The van der Waals surface area contributed by atoms with Crippen LogP contribution in [0.4, 0.5) is 11.4 Å². The summed E-state index contributed by atoms with van der Waals surface area (Å²) in [5.41, 5.74) is 2.45. The SMILES string of the molecule is O=[N+]([O-])c1ccc(/[N+]([O-])=C(/C=C/c2ccccc2)c2ccccc2)cc1. The molecule has 0 N–H and O–H groups in total. The molecule has 0 bridgehead atoms. The van der Waals surface area contributed by atoms with Crippen LogP contribution in [0.3, 0.4) is 0 Å². The Morgan fingerprint density at radius 3 is 1.85 bits per heavy atom. The second kappa shape index (κ2) is 7.90. The summed E-state index contributed by atoms with van der Waals surface area (Å²) in [4.78, 5) is 10.3. The molecule has 0 saturated heterocycles. The summed E-state index contributed by atoms with van der Waals surface area (Å²) < 4.78 is 0.776. The number of hydrogen-bond donors (Lipinski definition) is 0. The number of nitro groups is 1. The minimum Gasteiger partial charge on any atom is -0.618 e. The average Bonchev–Trinajstić information content (AvgIpc) is 2.69. The van der Waals surface area contributed by atoms with Gasteiger partial charge in [-0.2, -0.15) is 4.74 Å². The van der Waals surface area contributed by atoms with E-state index in [0.717, 1.165) is 15.9 Å². The van der Waals surface area contributed by atoms with Crippen LogP contribution in [-0.2, 0) is 0 Å². The van der Waals surface area contributed by atoms with Gasteiger partial charge in [0.2, 0.25) is 11.4 Å². The van der Waals surface area contributed by atoms with E-state index >= 15 is 0 Å². The van der Waals surface area contributed by atoms with E-state index in [-0.39, 0.29) is 5.69 Å². The minimum atomic E-state index is -0.490. The lowest BCUT2D eigenvalue weighted by molar-refractivity contribution is -0.385. The van der Waals surface area contributed by atoms with Crippen LogP contribution in [0.25, 0.3) is 6.08 Å². The number of rotatable bonds is 5. The summed E-state index contributed by atoms with van der Waals surface area (Å²) in [5.74, 6) is 0. The summed E-state index contributed by atoms with van der Waals surface area (Å²) in [7, 11) is 0. The number of benzene rings is 3. The van der Waals surface area contributed by atoms with Gasteiger partial charge in [-0.15, -0.1) is 0 Å². The van der Waals surface area contributed by atoms with Gasteiger partial charge in [0, 0.05) is 35.9 Å². The van der Waals surface area contributed by atoms with E-state index in [2.05, 4.69) is 0 Å². The second-order valence-electron chi connectivity index (χ2n) is 5.56. The Morgan fingerprint density at radius 2 is 1.27 bits per heavy atom. The van der Waals surface area contributed by atoms with E-state index in [1.165, 1.54) is 24.3 Å². The zero-order valence-electron chi connectivity index (χ0n) is 13.9. The van der Waals surface area contributed by atoms with Crippen LogP contribution in [0.5, 0.6) is 0 Å². The van der Waals surface area contributed by atoms with Gasteiger partial charge < -0.3 is 5.21 Å². The van der Waals surface area contributed by atoms with Crippen molar-refractivity contribution in [3.05, 3.63) is 117 Å². The van der Waals surface area contributed by atoms with E-state index in [1.54, 1.807) is 6.08 Å². The van der Waals surface area contributed by atoms with Crippen molar-refractivity contribution in [2.45, 2.75) is 0 Å². The molecule has 3 aromatic rings. The van der Waals surface area contributed by atoms with Crippen LogP contribution in [0, 0.1) is 15.3 Å². The summed E-state index contributed by atoms with van der Waals surface area (Å²) in [6.45, 7) is 0. The number of non-ortho nitro benzene ring substituents is 1. The van der Waals surface area contributed by atoms with E-state index in [1.807, 2.05) is 66.7 Å². The van der Waals surface area contributed by atoms with Crippen LogP contribution < -0.4 is 0 Å². The van der Waals surface area contributed by atoms with Crippen molar-refractivity contribution >= 4 is 23.2 Å². The molecule has 0 aliphatic carbocycles. The third-order valence-electron chi connectivity index (χ3n) is 3.82. The van der Waals surface area contributed by atoms with Crippen LogP contribution in [0.15, 0.2) is 91.0 Å². The van der Waals surface area contributed by atoms with Gasteiger partial charge in [-0.25, -0.2) is 0 Å². The van der Waals surface area contributed by atoms with Gasteiger partial charge in [-0.3, -0.25) is 10.1 Å². The third kappa shape index (κ3) is 4.02. The molecule has 0 unspecified atom stereocenters. The van der Waals surface area contributed by atoms with Crippen molar-refractivity contribution in [2.24, 2.45) is 0 Å². The molecule has 0 heterocycles. The summed E-state index contributed by atoms with van der Waals surface area (Å²) in [6, 6.07) is 24.5. The van der Waals surface area contributed by atoms with Crippen LogP contribution in [-0.4, -0.2) is 15.4 Å². The smallest absolute Gasteiger partial charge is 0.269 e. The van der Waals surface area contributed by atoms with Gasteiger partial charge in [-0.1, -0.05) is 48.5 Å². The van der Waals surface area contributed by atoms with E-state index in [9.17, 15) is 15.3 Å². The standard InChI is InChI=1S/C21H16N2O3/c24-22(19-12-14-20(15-13-19)23(25)26)21(18-9-5-2-6-10-18)16-11-17-7-3-1-4-8-17/h1-16H/b16-11+,22-21+. The number of allylic oxidation sites excluding steroid dienone is 1. The van der Waals surface area contributed by atoms with Crippen molar-refractivity contribution in [3.63, 3.8) is 0 Å². The molecule has 0 fully saturated rings. The Labute approximate surface area is 150 Å². The van der Waals surface area contributed by atoms with Gasteiger partial charge in [0.15, 0.2) is 0 Å². The minimum absolute atomic E-state index is 0.0526. The fourth-order valence-corrected chi connectivity index (χ4v) is 2.48. The van der Waals surface area contributed by atoms with Gasteiger partial charge in [0.25, 0.3) is 5.69 Å². The van der Waals surface area contributed by atoms with Crippen molar-refractivity contribution < 1.29 is 9.66 Å². The highest BCUT2D eigenvalue weighted by Gasteiger charge is 2.14. The Kier molecular flexibility index (Phi) is 5.19. The number of hydrogen-bond acceptors (Lipinski definition) is 3. The molecule has 0 amide bonds. The molecule has 3 rings (SSSR count). The molecular weight excluding hydrogens is 328 g/mol. The quantitative estimate of drug-likeness (QED) is 0.216. The maximum atomic E-state index is 12.9. The first kappa shape index (κ1) is 17.1. The average molecular weight is 344 g/mol. The summed E-state index contributed by atoms with van der Waals surface area (Å²) >= 11 is 0. The van der Waals surface area contributed by atoms with E-state index in [4.69, 9.17) is 0 Å². The number of nitrogens with zero attached hydrogens (tertiary/aromatic N) is 2. The summed E-state index contributed by atoms with van der Waals surface area (Å²) in [6.07, 6.45) is 3.61. The molecule has 0 radical (unpaired) electrons. The highest BCUT2D eigenvalue weighted by atomic mass is 16.6. The second-order valence-corrected chi connectivity index (χ2v) is 5.56. The van der Waals surface area contributed by atoms with Crippen LogP contribution in [0.1, 0.15) is 11.1 Å². The molecule has 5 heteroatoms. The molecular formula is C21H16N2O3. The zero-order chi connectivity index (χ0) is 18.4. The molecule has 0 aliphatic rings. The molecule has 0 aromatic heterocycles. The van der Waals surface area contributed by atoms with Crippen molar-refractivity contribution in [1.29, 1.82) is 0 Å². The molecule has 0 aliphatic heterocycles. The largest absolute Gasteiger partial charge is 0.618 e. The lowest BCUT2D eigenvalue weighted by Crippen LogP contribution is -2.10. The lowest BCUT2D eigenvalue weighted by atomic mass is 10.1. The molecule has 26 heavy (non-hydrogen) atoms. The third-order valence-corrected chi connectivity index (χ3v) is 3.82. The monoisotopic (exact) mass is 344 g/mol. The highest BCUT2D eigenvalue weighted by Crippen LogP contribution is 2.19. The first-order valence-corrected chi connectivity index (χ1v) is 8.02. The molecule has 0 atom stereocenters. The van der Waals surface area contributed by atoms with E-state index < -0.39 is 4.92 Å². The Bertz CT molecular complexity index is 948. The van der Waals surface area contributed by atoms with Crippen molar-refractivity contribution in [3.8, 4) is 0 Å². The first-order chi connectivity index (χ1) is 12.6. The van der Waals surface area contributed by atoms with Crippen molar-refractivity contribution in [1.82, 2.24) is 0 Å². The normalized spacial score (nSPS) is 12.0. The predicted molar refractivity (Wildman–Crippen MR) is 102 cm³/mol. The number of nitro benzene ring substituents is 1. The molecule has 0 saturated carbocycles. The molecule has 128 valence electrons. The topological polar surface area (TPSA) is 69.2 Å². The highest BCUT2D eigenvalue weighted by molar-refractivity contribution is 6.08. The van der Waals surface area contributed by atoms with Crippen molar-refractivity contribution in [2.75, 3.05) is 0 Å². The predicted octanol–water partition coefficient (Wildman–Crippen LogP) is 4.94. The van der Waals surface area contributed by atoms with Crippen LogP contribution in [0.2, 0.25) is 0 Å². The van der Waals surface area contributed by atoms with Gasteiger partial charge >= 0.3 is 0 Å². The summed E-state index contributed by atoms with van der Waals surface area (Å²) in [5, 5.41) is 23.7. The zero-order valence-corrected chi connectivity index (χ0v) is 13.9. The first-order valence-electron chi connectivity index (χ1n) is 8.02. The van der Waals surface area contributed by atoms with Gasteiger partial charge in [0.1, 0.15) is 0 Å². The van der Waals surface area contributed by atoms with Gasteiger partial charge in [0.05, 0.1) is 4.92 Å². The van der Waals surface area contributed by atoms with Crippen LogP contribution >= 0.6 is 0 Å². The van der Waals surface area contributed by atoms with Gasteiger partial charge in [-0.05, 0) is 23.8 Å². The fourth-order valence-electron chi connectivity index (χ4n) is 2.48. The maximum absolute atomic E-state index is 12.9. The molecule has 0 spiro atoms. The Morgan fingerprint density at radius 1 is 0.731 bits per heavy atom. The fraction of sp³-hybridized carbons (Fsp3) is 0. The Hall–Kier alpha value is -3.73. The maximum Gasteiger partial charge on any atom is 0.269 e.